The summed E-state index contributed by atoms with van der Waals surface area (Å²) in [6.45, 7) is 2.37. The molecule has 1 aromatic carbocycles. The fourth-order valence-corrected chi connectivity index (χ4v) is 2.28. The molecule has 0 saturated heterocycles. The van der Waals surface area contributed by atoms with Gasteiger partial charge in [0.15, 0.2) is 0 Å². The van der Waals surface area contributed by atoms with Crippen LogP contribution in [0.5, 0.6) is 0 Å². The van der Waals surface area contributed by atoms with E-state index < -0.39 is 10.0 Å². The van der Waals surface area contributed by atoms with Gasteiger partial charge in [-0.1, -0.05) is 15.9 Å². The van der Waals surface area contributed by atoms with E-state index in [0.717, 1.165) is 15.7 Å². The molecule has 0 bridgehead atoms. The summed E-state index contributed by atoms with van der Waals surface area (Å²) < 4.78 is 28.3. The fourth-order valence-electron chi connectivity index (χ4n) is 1.55. The van der Waals surface area contributed by atoms with Gasteiger partial charge in [-0.15, -0.1) is 0 Å². The highest BCUT2D eigenvalue weighted by molar-refractivity contribution is 9.10. The fraction of sp³-hybridized carbons (Fsp3) is 0.167. The molecule has 0 aliphatic carbocycles. The Kier molecular flexibility index (Phi) is 3.98. The number of benzene rings is 1. The third kappa shape index (κ3) is 3.59. The largest absolute Gasteiger partial charge is 0.446 e. The van der Waals surface area contributed by atoms with Crippen molar-refractivity contribution in [3.05, 3.63) is 46.1 Å². The number of hydrogen-bond acceptors (Lipinski definition) is 4. The lowest BCUT2D eigenvalue weighted by molar-refractivity contribution is 0.419. The molecule has 1 heterocycles. The monoisotopic (exact) mass is 344 g/mol. The van der Waals surface area contributed by atoms with Gasteiger partial charge in [-0.2, -0.15) is 0 Å². The average Bonchev–Trinajstić information content (AvgIpc) is 2.79. The minimum Gasteiger partial charge on any atom is -0.446 e. The SMILES string of the molecule is Cc1cc(NCc2ccc(S(N)(=O)=O)o2)ccc1Br. The zero-order valence-electron chi connectivity index (χ0n) is 10.2. The van der Waals surface area contributed by atoms with E-state index in [9.17, 15) is 8.42 Å². The lowest BCUT2D eigenvalue weighted by Crippen LogP contribution is -2.10. The van der Waals surface area contributed by atoms with Crippen LogP contribution in [0.15, 0.2) is 44.3 Å². The van der Waals surface area contributed by atoms with Crippen LogP contribution in [0, 0.1) is 6.92 Å². The first-order chi connectivity index (χ1) is 8.86. The maximum Gasteiger partial charge on any atom is 0.271 e. The quantitative estimate of drug-likeness (QED) is 0.892. The number of furan rings is 1. The summed E-state index contributed by atoms with van der Waals surface area (Å²) in [4.78, 5) is 0. The van der Waals surface area contributed by atoms with Crippen molar-refractivity contribution in [2.24, 2.45) is 5.14 Å². The number of rotatable bonds is 4. The predicted molar refractivity (Wildman–Crippen MR) is 76.3 cm³/mol. The standard InChI is InChI=1S/C12H13BrN2O3S/c1-8-6-9(2-4-11(8)13)15-7-10-3-5-12(18-10)19(14,16)17/h2-6,15H,7H2,1H3,(H2,14,16,17). The van der Waals surface area contributed by atoms with Crippen molar-refractivity contribution in [1.82, 2.24) is 0 Å². The van der Waals surface area contributed by atoms with E-state index in [1.807, 2.05) is 25.1 Å². The smallest absolute Gasteiger partial charge is 0.271 e. The van der Waals surface area contributed by atoms with E-state index in [1.165, 1.54) is 6.07 Å². The van der Waals surface area contributed by atoms with Crippen LogP contribution in [0.2, 0.25) is 0 Å². The average molecular weight is 345 g/mol. The third-order valence-corrected chi connectivity index (χ3v) is 4.21. The van der Waals surface area contributed by atoms with E-state index in [0.29, 0.717) is 12.3 Å². The maximum absolute atomic E-state index is 11.1. The van der Waals surface area contributed by atoms with Crippen molar-refractivity contribution in [2.75, 3.05) is 5.32 Å². The van der Waals surface area contributed by atoms with Crippen molar-refractivity contribution in [3.63, 3.8) is 0 Å². The van der Waals surface area contributed by atoms with Gasteiger partial charge in [0.05, 0.1) is 6.54 Å². The second-order valence-electron chi connectivity index (χ2n) is 4.08. The second-order valence-corrected chi connectivity index (χ2v) is 6.43. The van der Waals surface area contributed by atoms with Crippen molar-refractivity contribution >= 4 is 31.6 Å². The first kappa shape index (κ1) is 14.1. The summed E-state index contributed by atoms with van der Waals surface area (Å²) in [5, 5.41) is 7.88. The molecule has 0 saturated carbocycles. The highest BCUT2D eigenvalue weighted by atomic mass is 79.9. The van der Waals surface area contributed by atoms with Gasteiger partial charge in [0.1, 0.15) is 5.76 Å². The number of sulfonamides is 1. The summed E-state index contributed by atoms with van der Waals surface area (Å²) in [6, 6.07) is 8.77. The lowest BCUT2D eigenvalue weighted by Gasteiger charge is -2.06. The molecule has 3 N–H and O–H groups in total. The Labute approximate surface area is 120 Å². The molecule has 2 aromatic rings. The van der Waals surface area contributed by atoms with E-state index in [1.54, 1.807) is 6.07 Å². The molecular formula is C12H13BrN2O3S. The molecule has 0 aliphatic heterocycles. The number of hydrogen-bond donors (Lipinski definition) is 2. The van der Waals surface area contributed by atoms with Crippen LogP contribution >= 0.6 is 15.9 Å². The van der Waals surface area contributed by atoms with E-state index in [2.05, 4.69) is 21.2 Å². The van der Waals surface area contributed by atoms with Crippen LogP contribution in [0.4, 0.5) is 5.69 Å². The van der Waals surface area contributed by atoms with E-state index in [4.69, 9.17) is 9.56 Å². The lowest BCUT2D eigenvalue weighted by atomic mass is 10.2. The molecule has 0 spiro atoms. The van der Waals surface area contributed by atoms with Crippen LogP contribution in [0.1, 0.15) is 11.3 Å². The number of halogens is 1. The molecule has 0 radical (unpaired) electrons. The van der Waals surface area contributed by atoms with Gasteiger partial charge in [0, 0.05) is 10.2 Å². The van der Waals surface area contributed by atoms with E-state index >= 15 is 0 Å². The summed E-state index contributed by atoms with van der Waals surface area (Å²) in [5.41, 5.74) is 2.03. The molecular weight excluding hydrogens is 332 g/mol. The van der Waals surface area contributed by atoms with Gasteiger partial charge in [0.2, 0.25) is 5.09 Å². The molecule has 102 valence electrons. The molecule has 0 atom stereocenters. The second kappa shape index (κ2) is 5.36. The highest BCUT2D eigenvalue weighted by Gasteiger charge is 2.12. The van der Waals surface area contributed by atoms with Gasteiger partial charge in [-0.05, 0) is 42.8 Å². The van der Waals surface area contributed by atoms with Gasteiger partial charge in [-0.3, -0.25) is 0 Å². The Morgan fingerprint density at radius 1 is 1.32 bits per heavy atom. The molecule has 0 amide bonds. The number of nitrogens with two attached hydrogens (primary N) is 1. The van der Waals surface area contributed by atoms with Gasteiger partial charge in [0.25, 0.3) is 10.0 Å². The van der Waals surface area contributed by atoms with Crippen LogP contribution < -0.4 is 10.5 Å². The Morgan fingerprint density at radius 3 is 2.63 bits per heavy atom. The minimum absolute atomic E-state index is 0.226. The maximum atomic E-state index is 11.1. The molecule has 1 aromatic heterocycles. The first-order valence-electron chi connectivity index (χ1n) is 5.48. The van der Waals surface area contributed by atoms with Crippen LogP contribution in [-0.2, 0) is 16.6 Å². The molecule has 0 fully saturated rings. The molecule has 2 rings (SSSR count). The molecule has 5 nitrogen and oxygen atoms in total. The Balaban J connectivity index is 2.06. The number of anilines is 1. The first-order valence-corrected chi connectivity index (χ1v) is 7.82. The zero-order chi connectivity index (χ0) is 14.0. The van der Waals surface area contributed by atoms with Crippen molar-refractivity contribution in [2.45, 2.75) is 18.6 Å². The molecule has 19 heavy (non-hydrogen) atoms. The summed E-state index contributed by atoms with van der Waals surface area (Å²) in [7, 11) is -3.78. The molecule has 7 heteroatoms. The van der Waals surface area contributed by atoms with Gasteiger partial charge in [-0.25, -0.2) is 13.6 Å². The van der Waals surface area contributed by atoms with Crippen LogP contribution in [0.25, 0.3) is 0 Å². The highest BCUT2D eigenvalue weighted by Crippen LogP contribution is 2.21. The molecule has 0 unspecified atom stereocenters. The minimum atomic E-state index is -3.78. The molecule has 0 aliphatic rings. The number of primary sulfonamides is 1. The van der Waals surface area contributed by atoms with Gasteiger partial charge >= 0.3 is 0 Å². The Bertz CT molecular complexity index is 695. The van der Waals surface area contributed by atoms with Crippen LogP contribution in [-0.4, -0.2) is 8.42 Å². The van der Waals surface area contributed by atoms with Crippen molar-refractivity contribution in [3.8, 4) is 0 Å². The number of nitrogens with one attached hydrogen (secondary N) is 1. The van der Waals surface area contributed by atoms with Crippen LogP contribution in [0.3, 0.4) is 0 Å². The summed E-state index contributed by atoms with van der Waals surface area (Å²) in [6.07, 6.45) is 0. The van der Waals surface area contributed by atoms with Crippen molar-refractivity contribution in [1.29, 1.82) is 0 Å². The Hall–Kier alpha value is -1.31. The topological polar surface area (TPSA) is 85.3 Å². The van der Waals surface area contributed by atoms with Crippen molar-refractivity contribution < 1.29 is 12.8 Å². The Morgan fingerprint density at radius 2 is 2.05 bits per heavy atom. The number of aryl methyl sites for hydroxylation is 1. The van der Waals surface area contributed by atoms with E-state index in [-0.39, 0.29) is 5.09 Å². The zero-order valence-corrected chi connectivity index (χ0v) is 12.6. The normalized spacial score (nSPS) is 11.5. The summed E-state index contributed by atoms with van der Waals surface area (Å²) >= 11 is 3.42. The van der Waals surface area contributed by atoms with Gasteiger partial charge < -0.3 is 9.73 Å². The third-order valence-electron chi connectivity index (χ3n) is 2.54. The predicted octanol–water partition coefficient (Wildman–Crippen LogP) is 2.61. The summed E-state index contributed by atoms with van der Waals surface area (Å²) in [5.74, 6) is 0.504.